The van der Waals surface area contributed by atoms with Crippen LogP contribution in [-0.4, -0.2) is 9.97 Å². The second-order valence-electron chi connectivity index (χ2n) is 6.64. The number of pyridine rings is 2. The summed E-state index contributed by atoms with van der Waals surface area (Å²) in [6.07, 6.45) is 1.92. The summed E-state index contributed by atoms with van der Waals surface area (Å²) in [4.78, 5) is 9.29. The van der Waals surface area contributed by atoms with Gasteiger partial charge >= 0.3 is 0 Å². The summed E-state index contributed by atoms with van der Waals surface area (Å²) >= 11 is 0. The summed E-state index contributed by atoms with van der Waals surface area (Å²) in [5, 5.41) is 4.90. The zero-order valence-corrected chi connectivity index (χ0v) is 14.5. The van der Waals surface area contributed by atoms with Crippen molar-refractivity contribution in [3.8, 4) is 11.3 Å². The highest BCUT2D eigenvalue weighted by molar-refractivity contribution is 6.11. The number of fused-ring (bicyclic) bond motifs is 3. The van der Waals surface area contributed by atoms with E-state index in [2.05, 4.69) is 75.1 Å². The van der Waals surface area contributed by atoms with Crippen LogP contribution in [0.25, 0.3) is 32.8 Å². The zero-order valence-electron chi connectivity index (χ0n) is 14.5. The van der Waals surface area contributed by atoms with Gasteiger partial charge in [-0.15, -0.1) is 0 Å². The minimum Gasteiger partial charge on any atom is -0.258 e. The van der Waals surface area contributed by atoms with Crippen LogP contribution in [0.1, 0.15) is 22.5 Å². The lowest BCUT2D eigenvalue weighted by Gasteiger charge is -2.11. The molecule has 0 fully saturated rings. The van der Waals surface area contributed by atoms with Crippen LogP contribution >= 0.6 is 0 Å². The molecular weight excluding hydrogens is 292 g/mol. The highest BCUT2D eigenvalue weighted by Gasteiger charge is 2.10. The van der Waals surface area contributed by atoms with E-state index in [4.69, 9.17) is 4.98 Å². The Morgan fingerprint density at radius 3 is 2.12 bits per heavy atom. The van der Waals surface area contributed by atoms with Crippen LogP contribution in [0, 0.1) is 27.7 Å². The highest BCUT2D eigenvalue weighted by Crippen LogP contribution is 2.33. The molecule has 0 bridgehead atoms. The van der Waals surface area contributed by atoms with Gasteiger partial charge in [-0.05, 0) is 62.7 Å². The van der Waals surface area contributed by atoms with E-state index in [-0.39, 0.29) is 0 Å². The summed E-state index contributed by atoms with van der Waals surface area (Å²) in [5.74, 6) is 0. The fourth-order valence-electron chi connectivity index (χ4n) is 3.66. The summed E-state index contributed by atoms with van der Waals surface area (Å²) < 4.78 is 0. The number of aromatic nitrogens is 2. The van der Waals surface area contributed by atoms with Crippen molar-refractivity contribution in [1.82, 2.24) is 9.97 Å². The Morgan fingerprint density at radius 1 is 0.667 bits per heavy atom. The molecule has 0 aliphatic heterocycles. The molecule has 2 heteroatoms. The molecule has 0 unspecified atom stereocenters. The van der Waals surface area contributed by atoms with Crippen LogP contribution in [0.3, 0.4) is 0 Å². The molecular formula is C22H20N2. The maximum atomic E-state index is 4.70. The van der Waals surface area contributed by atoms with Gasteiger partial charge in [-0.1, -0.05) is 29.3 Å². The Hall–Kier alpha value is -2.74. The lowest BCUT2D eigenvalue weighted by Crippen LogP contribution is -1.92. The molecule has 4 aromatic rings. The van der Waals surface area contributed by atoms with Crippen molar-refractivity contribution in [2.75, 3.05) is 0 Å². The second-order valence-corrected chi connectivity index (χ2v) is 6.64. The molecule has 0 N–H and O–H groups in total. The van der Waals surface area contributed by atoms with E-state index < -0.39 is 0 Å². The molecule has 2 aromatic heterocycles. The molecule has 118 valence electrons. The molecule has 2 aromatic carbocycles. The van der Waals surface area contributed by atoms with Gasteiger partial charge in [-0.2, -0.15) is 0 Å². The van der Waals surface area contributed by atoms with Crippen molar-refractivity contribution in [2.24, 2.45) is 0 Å². The molecule has 0 saturated carbocycles. The third kappa shape index (κ3) is 2.35. The van der Waals surface area contributed by atoms with Gasteiger partial charge in [0.15, 0.2) is 0 Å². The number of hydrogen-bond acceptors (Lipinski definition) is 2. The molecule has 0 radical (unpaired) electrons. The Kier molecular flexibility index (Phi) is 3.34. The van der Waals surface area contributed by atoms with Gasteiger partial charge in [0.05, 0.1) is 5.69 Å². The molecule has 0 amide bonds. The first-order chi connectivity index (χ1) is 11.5. The molecule has 0 aliphatic rings. The van der Waals surface area contributed by atoms with Gasteiger partial charge in [0.2, 0.25) is 0 Å². The predicted molar refractivity (Wildman–Crippen MR) is 101 cm³/mol. The van der Waals surface area contributed by atoms with Crippen LogP contribution in [0.4, 0.5) is 0 Å². The topological polar surface area (TPSA) is 25.8 Å². The summed E-state index contributed by atoms with van der Waals surface area (Å²) in [6, 6.07) is 15.3. The van der Waals surface area contributed by atoms with E-state index in [0.29, 0.717) is 0 Å². The van der Waals surface area contributed by atoms with Crippen molar-refractivity contribution in [2.45, 2.75) is 27.7 Å². The summed E-state index contributed by atoms with van der Waals surface area (Å²) in [5.41, 5.74) is 6.89. The van der Waals surface area contributed by atoms with Gasteiger partial charge in [0, 0.05) is 33.9 Å². The number of hydrogen-bond donors (Lipinski definition) is 0. The smallest absolute Gasteiger partial charge is 0.0780 e. The minimum absolute atomic E-state index is 1.05. The predicted octanol–water partition coefficient (Wildman–Crippen LogP) is 5.68. The normalized spacial score (nSPS) is 11.3. The fourth-order valence-corrected chi connectivity index (χ4v) is 3.66. The summed E-state index contributed by atoms with van der Waals surface area (Å²) in [6.45, 7) is 8.40. The van der Waals surface area contributed by atoms with Crippen LogP contribution in [-0.2, 0) is 0 Å². The maximum absolute atomic E-state index is 4.70. The highest BCUT2D eigenvalue weighted by atomic mass is 14.7. The van der Waals surface area contributed by atoms with E-state index in [1.165, 1.54) is 38.2 Å². The molecule has 2 heterocycles. The van der Waals surface area contributed by atoms with Crippen LogP contribution in [0.2, 0.25) is 0 Å². The standard InChI is InChI=1S/C22H20N2/c1-13-9-14(2)11-17(10-13)22-20-6-5-18-16(4)24-15(3)12-21(18)19(20)7-8-23-22/h5-12H,1-4H3. The van der Waals surface area contributed by atoms with E-state index in [1.54, 1.807) is 0 Å². The molecule has 4 rings (SSSR count). The lowest BCUT2D eigenvalue weighted by atomic mass is 9.96. The maximum Gasteiger partial charge on any atom is 0.0780 e. The monoisotopic (exact) mass is 312 g/mol. The van der Waals surface area contributed by atoms with Gasteiger partial charge < -0.3 is 0 Å². The zero-order chi connectivity index (χ0) is 16.8. The Morgan fingerprint density at radius 2 is 1.38 bits per heavy atom. The van der Waals surface area contributed by atoms with Crippen molar-refractivity contribution in [3.05, 3.63) is 71.2 Å². The van der Waals surface area contributed by atoms with E-state index >= 15 is 0 Å². The summed E-state index contributed by atoms with van der Waals surface area (Å²) in [7, 11) is 0. The first kappa shape index (κ1) is 14.8. The number of nitrogens with zero attached hydrogens (tertiary/aromatic N) is 2. The largest absolute Gasteiger partial charge is 0.258 e. The molecule has 24 heavy (non-hydrogen) atoms. The molecule has 0 saturated heterocycles. The first-order valence-corrected chi connectivity index (χ1v) is 8.27. The first-order valence-electron chi connectivity index (χ1n) is 8.27. The number of aryl methyl sites for hydroxylation is 4. The number of rotatable bonds is 1. The molecule has 0 atom stereocenters. The molecule has 0 spiro atoms. The number of benzene rings is 2. The molecule has 2 nitrogen and oxygen atoms in total. The van der Waals surface area contributed by atoms with Crippen molar-refractivity contribution in [3.63, 3.8) is 0 Å². The average Bonchev–Trinajstić information content (AvgIpc) is 2.53. The minimum atomic E-state index is 1.05. The van der Waals surface area contributed by atoms with Crippen LogP contribution in [0.15, 0.2) is 48.7 Å². The van der Waals surface area contributed by atoms with Gasteiger partial charge in [0.1, 0.15) is 0 Å². The quantitative estimate of drug-likeness (QED) is 0.422. The SMILES string of the molecule is Cc1cc(C)cc(-c2nccc3c2ccc2c(C)nc(C)cc23)c1. The van der Waals surface area contributed by atoms with Crippen LogP contribution in [0.5, 0.6) is 0 Å². The van der Waals surface area contributed by atoms with Crippen molar-refractivity contribution >= 4 is 21.5 Å². The van der Waals surface area contributed by atoms with Gasteiger partial charge in [-0.25, -0.2) is 0 Å². The Balaban J connectivity index is 2.10. The van der Waals surface area contributed by atoms with E-state index in [0.717, 1.165) is 17.1 Å². The van der Waals surface area contributed by atoms with Gasteiger partial charge in [-0.3, -0.25) is 9.97 Å². The molecule has 0 aliphatic carbocycles. The van der Waals surface area contributed by atoms with Crippen molar-refractivity contribution < 1.29 is 0 Å². The van der Waals surface area contributed by atoms with E-state index in [9.17, 15) is 0 Å². The van der Waals surface area contributed by atoms with E-state index in [1.807, 2.05) is 6.20 Å². The Labute approximate surface area is 142 Å². The van der Waals surface area contributed by atoms with Crippen LogP contribution < -0.4 is 0 Å². The average molecular weight is 312 g/mol. The fraction of sp³-hybridized carbons (Fsp3) is 0.182. The third-order valence-corrected chi connectivity index (χ3v) is 4.57. The Bertz CT molecular complexity index is 1070. The lowest BCUT2D eigenvalue weighted by molar-refractivity contribution is 1.15. The third-order valence-electron chi connectivity index (χ3n) is 4.57. The van der Waals surface area contributed by atoms with Gasteiger partial charge in [0.25, 0.3) is 0 Å². The second kappa shape index (κ2) is 5.41. The van der Waals surface area contributed by atoms with Crippen molar-refractivity contribution in [1.29, 1.82) is 0 Å².